The quantitative estimate of drug-likeness (QED) is 0.898. The molecule has 4 nitrogen and oxygen atoms in total. The Balaban J connectivity index is 1.89. The van der Waals surface area contributed by atoms with Crippen molar-refractivity contribution in [1.82, 2.24) is 4.72 Å². The van der Waals surface area contributed by atoms with Gasteiger partial charge in [-0.15, -0.1) is 0 Å². The van der Waals surface area contributed by atoms with E-state index in [4.69, 9.17) is 0 Å². The van der Waals surface area contributed by atoms with Gasteiger partial charge < -0.3 is 5.11 Å². The first-order chi connectivity index (χ1) is 10.1. The van der Waals surface area contributed by atoms with E-state index < -0.39 is 22.2 Å². The topological polar surface area (TPSA) is 66.4 Å². The van der Waals surface area contributed by atoms with Crippen molar-refractivity contribution in [2.24, 2.45) is 16.7 Å². The molecule has 2 fully saturated rings. The fourth-order valence-corrected chi connectivity index (χ4v) is 5.73. The van der Waals surface area contributed by atoms with E-state index in [1.807, 2.05) is 6.92 Å². The number of aliphatic hydroxyl groups is 1. The van der Waals surface area contributed by atoms with Gasteiger partial charge in [-0.05, 0) is 43.2 Å². The second-order valence-electron chi connectivity index (χ2n) is 7.69. The second-order valence-corrected chi connectivity index (χ2v) is 9.40. The predicted molar refractivity (Wildman–Crippen MR) is 85.9 cm³/mol. The molecule has 5 heteroatoms. The van der Waals surface area contributed by atoms with Gasteiger partial charge in [0.05, 0.1) is 17.0 Å². The van der Waals surface area contributed by atoms with E-state index in [1.54, 1.807) is 24.3 Å². The molecule has 2 N–H and O–H groups in total. The van der Waals surface area contributed by atoms with Crippen molar-refractivity contribution in [2.75, 3.05) is 0 Å². The van der Waals surface area contributed by atoms with Crippen molar-refractivity contribution in [3.63, 3.8) is 0 Å². The number of aliphatic hydroxyl groups excluding tert-OH is 1. The first kappa shape index (κ1) is 16.0. The van der Waals surface area contributed by atoms with E-state index in [-0.39, 0.29) is 21.6 Å². The maximum absolute atomic E-state index is 12.6. The van der Waals surface area contributed by atoms with Crippen LogP contribution in [0.25, 0.3) is 0 Å². The Morgan fingerprint density at radius 1 is 1.18 bits per heavy atom. The first-order valence-corrected chi connectivity index (χ1v) is 9.35. The molecule has 0 aliphatic heterocycles. The van der Waals surface area contributed by atoms with Crippen LogP contribution in [0.5, 0.6) is 0 Å². The SMILES string of the molecule is Cc1ccc(S(=O)(=O)N[C@@H]2[C@H]3CC[C@@](C)([C@@H]2O)C3(C)C)cc1. The first-order valence-electron chi connectivity index (χ1n) is 7.87. The second kappa shape index (κ2) is 4.79. The number of sulfonamides is 1. The lowest BCUT2D eigenvalue weighted by atomic mass is 9.70. The summed E-state index contributed by atoms with van der Waals surface area (Å²) >= 11 is 0. The van der Waals surface area contributed by atoms with Gasteiger partial charge in [-0.3, -0.25) is 0 Å². The van der Waals surface area contributed by atoms with Crippen molar-refractivity contribution in [2.45, 2.75) is 57.6 Å². The lowest BCUT2D eigenvalue weighted by Gasteiger charge is -2.37. The fourth-order valence-electron chi connectivity index (χ4n) is 4.45. The highest BCUT2D eigenvalue weighted by Crippen LogP contribution is 2.65. The minimum absolute atomic E-state index is 0.0626. The summed E-state index contributed by atoms with van der Waals surface area (Å²) in [5.41, 5.74) is 0.734. The predicted octanol–water partition coefficient (Wildman–Crippen LogP) is 2.46. The zero-order chi connectivity index (χ0) is 16.3. The third kappa shape index (κ3) is 2.06. The summed E-state index contributed by atoms with van der Waals surface area (Å²) in [5.74, 6) is 0.174. The van der Waals surface area contributed by atoms with Crippen LogP contribution in [0.2, 0.25) is 0 Å². The maximum atomic E-state index is 12.6. The van der Waals surface area contributed by atoms with Crippen LogP contribution < -0.4 is 4.72 Å². The van der Waals surface area contributed by atoms with Crippen LogP contribution in [0.1, 0.15) is 39.2 Å². The Labute approximate surface area is 133 Å². The molecule has 2 saturated carbocycles. The van der Waals surface area contributed by atoms with E-state index >= 15 is 0 Å². The van der Waals surface area contributed by atoms with Crippen molar-refractivity contribution < 1.29 is 13.5 Å². The molecule has 22 heavy (non-hydrogen) atoms. The number of hydrogen-bond acceptors (Lipinski definition) is 3. The zero-order valence-corrected chi connectivity index (χ0v) is 14.4. The fraction of sp³-hybridized carbons (Fsp3) is 0.647. The molecule has 1 aromatic carbocycles. The van der Waals surface area contributed by atoms with Gasteiger partial charge in [0, 0.05) is 5.41 Å². The molecule has 0 saturated heterocycles. The standard InChI is InChI=1S/C17H25NO3S/c1-11-5-7-12(8-6-11)22(20,21)18-14-13-9-10-17(4,15(14)19)16(13,2)3/h5-8,13-15,18-19H,9-10H2,1-4H3/t13-,14-,15-,17+/m1/s1. The molecule has 1 aromatic rings. The average molecular weight is 323 g/mol. The summed E-state index contributed by atoms with van der Waals surface area (Å²) < 4.78 is 28.0. The minimum atomic E-state index is -3.60. The third-order valence-electron chi connectivity index (χ3n) is 6.42. The van der Waals surface area contributed by atoms with E-state index in [2.05, 4.69) is 25.5 Å². The molecule has 2 aliphatic rings. The molecule has 0 radical (unpaired) electrons. The van der Waals surface area contributed by atoms with E-state index in [9.17, 15) is 13.5 Å². The van der Waals surface area contributed by atoms with Crippen LogP contribution in [0.3, 0.4) is 0 Å². The van der Waals surface area contributed by atoms with Crippen LogP contribution >= 0.6 is 0 Å². The number of nitrogens with one attached hydrogen (secondary N) is 1. The van der Waals surface area contributed by atoms with Gasteiger partial charge in [0.15, 0.2) is 0 Å². The Kier molecular flexibility index (Phi) is 3.48. The Morgan fingerprint density at radius 2 is 1.77 bits per heavy atom. The Hall–Kier alpha value is -0.910. The lowest BCUT2D eigenvalue weighted by molar-refractivity contribution is 0.00348. The summed E-state index contributed by atoms with van der Waals surface area (Å²) in [6, 6.07) is 6.41. The highest BCUT2D eigenvalue weighted by molar-refractivity contribution is 7.89. The van der Waals surface area contributed by atoms with Gasteiger partial charge in [0.1, 0.15) is 0 Å². The van der Waals surface area contributed by atoms with E-state index in [0.717, 1.165) is 18.4 Å². The van der Waals surface area contributed by atoms with Gasteiger partial charge in [0.2, 0.25) is 10.0 Å². The summed E-state index contributed by atoms with van der Waals surface area (Å²) in [5, 5.41) is 10.7. The van der Waals surface area contributed by atoms with Crippen LogP contribution in [-0.4, -0.2) is 25.7 Å². The van der Waals surface area contributed by atoms with Crippen molar-refractivity contribution in [1.29, 1.82) is 0 Å². The normalized spacial score (nSPS) is 36.7. The highest BCUT2D eigenvalue weighted by Gasteiger charge is 2.66. The van der Waals surface area contributed by atoms with Gasteiger partial charge >= 0.3 is 0 Å². The van der Waals surface area contributed by atoms with Crippen LogP contribution in [0, 0.1) is 23.7 Å². The molecule has 0 spiro atoms. The van der Waals surface area contributed by atoms with Crippen LogP contribution in [0.15, 0.2) is 29.2 Å². The maximum Gasteiger partial charge on any atom is 0.240 e. The smallest absolute Gasteiger partial charge is 0.240 e. The van der Waals surface area contributed by atoms with Crippen molar-refractivity contribution >= 4 is 10.0 Å². The van der Waals surface area contributed by atoms with Crippen LogP contribution in [-0.2, 0) is 10.0 Å². The summed E-state index contributed by atoms with van der Waals surface area (Å²) in [6.45, 7) is 8.30. The summed E-state index contributed by atoms with van der Waals surface area (Å²) in [4.78, 5) is 0.260. The van der Waals surface area contributed by atoms with Crippen LogP contribution in [0.4, 0.5) is 0 Å². The van der Waals surface area contributed by atoms with Gasteiger partial charge in [-0.25, -0.2) is 13.1 Å². The van der Waals surface area contributed by atoms with Gasteiger partial charge in [0.25, 0.3) is 0 Å². The lowest BCUT2D eigenvalue weighted by Crippen LogP contribution is -2.49. The molecule has 3 rings (SSSR count). The molecule has 0 amide bonds. The number of hydrogen-bond donors (Lipinski definition) is 2. The van der Waals surface area contributed by atoms with Crippen molar-refractivity contribution in [3.8, 4) is 0 Å². The summed E-state index contributed by atoms with van der Waals surface area (Å²) in [6.07, 6.45) is 1.28. The van der Waals surface area contributed by atoms with E-state index in [0.29, 0.717) is 0 Å². The molecule has 122 valence electrons. The Morgan fingerprint density at radius 3 is 2.27 bits per heavy atom. The monoisotopic (exact) mass is 323 g/mol. The van der Waals surface area contributed by atoms with E-state index in [1.165, 1.54) is 0 Å². The van der Waals surface area contributed by atoms with Gasteiger partial charge in [-0.2, -0.15) is 0 Å². The molecule has 2 bridgehead atoms. The summed E-state index contributed by atoms with van der Waals surface area (Å²) in [7, 11) is -3.60. The molecule has 0 unspecified atom stereocenters. The van der Waals surface area contributed by atoms with Gasteiger partial charge in [-0.1, -0.05) is 38.5 Å². The highest BCUT2D eigenvalue weighted by atomic mass is 32.2. The molecule has 0 aromatic heterocycles. The molecular formula is C17H25NO3S. The largest absolute Gasteiger partial charge is 0.391 e. The average Bonchev–Trinajstić information content (AvgIpc) is 2.73. The number of rotatable bonds is 3. The number of benzene rings is 1. The zero-order valence-electron chi connectivity index (χ0n) is 13.6. The third-order valence-corrected chi connectivity index (χ3v) is 7.90. The van der Waals surface area contributed by atoms with Crippen molar-refractivity contribution in [3.05, 3.63) is 29.8 Å². The minimum Gasteiger partial charge on any atom is -0.391 e. The molecule has 0 heterocycles. The molecular weight excluding hydrogens is 298 g/mol. The molecule has 2 aliphatic carbocycles. The Bertz CT molecular complexity index is 680. The molecule has 4 atom stereocenters. The number of aryl methyl sites for hydroxylation is 1. The number of fused-ring (bicyclic) bond motifs is 2.